The standard InChI is InChI=1S/C22H28FN5O2/c1-26-20(24-21(29)16-6-2-3-7-16)14-19(25-26)22(30)28-12-10-27(11-13-28)15-17-8-4-5-9-18(17)23/h4-5,8-9,14,16H,2-3,6-7,10-13,15H2,1H3,(H,24,29). The SMILES string of the molecule is Cn1nc(C(=O)N2CCN(Cc3ccccc3F)CC2)cc1NC(=O)C1CCCC1. The summed E-state index contributed by atoms with van der Waals surface area (Å²) < 4.78 is 15.4. The molecule has 0 bridgehead atoms. The minimum Gasteiger partial charge on any atom is -0.335 e. The molecule has 1 aromatic heterocycles. The van der Waals surface area contributed by atoms with Gasteiger partial charge in [0.2, 0.25) is 5.91 Å². The molecule has 8 heteroatoms. The van der Waals surface area contributed by atoms with Crippen LogP contribution < -0.4 is 5.32 Å². The van der Waals surface area contributed by atoms with Crippen LogP contribution in [0.5, 0.6) is 0 Å². The Balaban J connectivity index is 1.33. The number of anilines is 1. The molecule has 7 nitrogen and oxygen atoms in total. The monoisotopic (exact) mass is 413 g/mol. The predicted molar refractivity (Wildman–Crippen MR) is 111 cm³/mol. The summed E-state index contributed by atoms with van der Waals surface area (Å²) in [6.07, 6.45) is 4.03. The quantitative estimate of drug-likeness (QED) is 0.818. The number of carbonyl (C=O) groups is 2. The smallest absolute Gasteiger partial charge is 0.274 e. The van der Waals surface area contributed by atoms with E-state index in [1.54, 1.807) is 34.8 Å². The van der Waals surface area contributed by atoms with Crippen molar-refractivity contribution in [1.29, 1.82) is 0 Å². The molecule has 2 amide bonds. The van der Waals surface area contributed by atoms with E-state index in [0.29, 0.717) is 49.8 Å². The third kappa shape index (κ3) is 4.53. The minimum absolute atomic E-state index is 0.0104. The van der Waals surface area contributed by atoms with Crippen LogP contribution in [-0.4, -0.2) is 57.6 Å². The molecule has 2 aromatic rings. The van der Waals surface area contributed by atoms with Crippen LogP contribution in [0.4, 0.5) is 10.2 Å². The van der Waals surface area contributed by atoms with Gasteiger partial charge in [0.25, 0.3) is 5.91 Å². The van der Waals surface area contributed by atoms with Gasteiger partial charge >= 0.3 is 0 Å². The van der Waals surface area contributed by atoms with E-state index < -0.39 is 0 Å². The zero-order valence-electron chi connectivity index (χ0n) is 17.3. The first kappa shape index (κ1) is 20.5. The van der Waals surface area contributed by atoms with Crippen molar-refractivity contribution in [3.05, 3.63) is 47.4 Å². The van der Waals surface area contributed by atoms with Crippen LogP contribution in [0.1, 0.15) is 41.7 Å². The second kappa shape index (κ2) is 8.95. The molecule has 1 saturated heterocycles. The van der Waals surface area contributed by atoms with E-state index in [1.165, 1.54) is 6.07 Å². The summed E-state index contributed by atoms with van der Waals surface area (Å²) in [5.74, 6) is 0.278. The minimum atomic E-state index is -0.198. The summed E-state index contributed by atoms with van der Waals surface area (Å²) >= 11 is 0. The van der Waals surface area contributed by atoms with Crippen LogP contribution in [0.3, 0.4) is 0 Å². The van der Waals surface area contributed by atoms with Crippen LogP contribution in [-0.2, 0) is 18.4 Å². The number of aryl methyl sites for hydroxylation is 1. The molecular weight excluding hydrogens is 385 g/mol. The molecular formula is C22H28FN5O2. The molecule has 2 heterocycles. The van der Waals surface area contributed by atoms with Gasteiger partial charge in [-0.1, -0.05) is 31.0 Å². The van der Waals surface area contributed by atoms with Crippen molar-refractivity contribution in [3.8, 4) is 0 Å². The van der Waals surface area contributed by atoms with E-state index in [0.717, 1.165) is 25.7 Å². The van der Waals surface area contributed by atoms with E-state index in [9.17, 15) is 14.0 Å². The van der Waals surface area contributed by atoms with Crippen LogP contribution in [0.2, 0.25) is 0 Å². The maximum atomic E-state index is 13.9. The number of rotatable bonds is 5. The summed E-state index contributed by atoms with van der Waals surface area (Å²) in [6.45, 7) is 3.02. The zero-order valence-corrected chi connectivity index (χ0v) is 17.3. The maximum absolute atomic E-state index is 13.9. The lowest BCUT2D eigenvalue weighted by Gasteiger charge is -2.34. The van der Waals surface area contributed by atoms with Crippen LogP contribution in [0.15, 0.2) is 30.3 Å². The topological polar surface area (TPSA) is 70.5 Å². The number of piperazine rings is 1. The number of benzene rings is 1. The second-order valence-corrected chi connectivity index (χ2v) is 8.17. The van der Waals surface area contributed by atoms with Gasteiger partial charge in [0.15, 0.2) is 5.69 Å². The fourth-order valence-corrected chi connectivity index (χ4v) is 4.24. The Morgan fingerprint density at radius 2 is 1.83 bits per heavy atom. The summed E-state index contributed by atoms with van der Waals surface area (Å²) in [7, 11) is 1.73. The summed E-state index contributed by atoms with van der Waals surface area (Å²) in [6, 6.07) is 8.44. The third-order valence-corrected chi connectivity index (χ3v) is 6.09. The molecule has 2 aliphatic rings. The lowest BCUT2D eigenvalue weighted by Crippen LogP contribution is -2.48. The van der Waals surface area contributed by atoms with Gasteiger partial charge in [0, 0.05) is 57.3 Å². The maximum Gasteiger partial charge on any atom is 0.274 e. The summed E-state index contributed by atoms with van der Waals surface area (Å²) in [5, 5.41) is 7.23. The predicted octanol–water partition coefficient (Wildman–Crippen LogP) is 2.65. The van der Waals surface area contributed by atoms with Gasteiger partial charge in [0.1, 0.15) is 11.6 Å². The Bertz CT molecular complexity index is 914. The highest BCUT2D eigenvalue weighted by Crippen LogP contribution is 2.26. The van der Waals surface area contributed by atoms with Crippen molar-refractivity contribution in [3.63, 3.8) is 0 Å². The number of nitrogens with zero attached hydrogens (tertiary/aromatic N) is 4. The van der Waals surface area contributed by atoms with Crippen molar-refractivity contribution in [2.45, 2.75) is 32.2 Å². The molecule has 1 aromatic carbocycles. The molecule has 0 atom stereocenters. The highest BCUT2D eigenvalue weighted by atomic mass is 19.1. The first-order valence-electron chi connectivity index (χ1n) is 10.6. The Hall–Kier alpha value is -2.74. The normalized spacial score (nSPS) is 18.0. The van der Waals surface area contributed by atoms with Gasteiger partial charge in [-0.2, -0.15) is 5.10 Å². The number of carbonyl (C=O) groups excluding carboxylic acids is 2. The highest BCUT2D eigenvalue weighted by Gasteiger charge is 2.27. The Morgan fingerprint density at radius 3 is 2.53 bits per heavy atom. The van der Waals surface area contributed by atoms with Gasteiger partial charge < -0.3 is 10.2 Å². The number of hydrogen-bond donors (Lipinski definition) is 1. The Morgan fingerprint density at radius 1 is 1.13 bits per heavy atom. The van der Waals surface area contributed by atoms with E-state index >= 15 is 0 Å². The first-order valence-corrected chi connectivity index (χ1v) is 10.6. The number of nitrogens with one attached hydrogen (secondary N) is 1. The van der Waals surface area contributed by atoms with Crippen molar-refractivity contribution in [2.75, 3.05) is 31.5 Å². The molecule has 1 aliphatic carbocycles. The molecule has 0 unspecified atom stereocenters. The van der Waals surface area contributed by atoms with Gasteiger partial charge in [-0.15, -0.1) is 0 Å². The van der Waals surface area contributed by atoms with Crippen molar-refractivity contribution < 1.29 is 14.0 Å². The molecule has 0 spiro atoms. The second-order valence-electron chi connectivity index (χ2n) is 8.17. The average molecular weight is 413 g/mol. The van der Waals surface area contributed by atoms with Crippen LogP contribution in [0, 0.1) is 11.7 Å². The van der Waals surface area contributed by atoms with Crippen molar-refractivity contribution in [1.82, 2.24) is 19.6 Å². The van der Waals surface area contributed by atoms with E-state index in [-0.39, 0.29) is 23.5 Å². The Kier molecular flexibility index (Phi) is 6.13. The zero-order chi connectivity index (χ0) is 21.1. The van der Waals surface area contributed by atoms with Crippen molar-refractivity contribution in [2.24, 2.45) is 13.0 Å². The fourth-order valence-electron chi connectivity index (χ4n) is 4.24. The van der Waals surface area contributed by atoms with Crippen molar-refractivity contribution >= 4 is 17.6 Å². The van der Waals surface area contributed by atoms with Crippen LogP contribution >= 0.6 is 0 Å². The van der Waals surface area contributed by atoms with Gasteiger partial charge in [-0.05, 0) is 18.9 Å². The molecule has 2 fully saturated rings. The number of hydrogen-bond acceptors (Lipinski definition) is 4. The van der Waals surface area contributed by atoms with Gasteiger partial charge in [-0.3, -0.25) is 19.2 Å². The largest absolute Gasteiger partial charge is 0.335 e. The first-order chi connectivity index (χ1) is 14.5. The third-order valence-electron chi connectivity index (χ3n) is 6.09. The van der Waals surface area contributed by atoms with E-state index in [1.807, 2.05) is 6.07 Å². The molecule has 0 radical (unpaired) electrons. The highest BCUT2D eigenvalue weighted by molar-refractivity contribution is 5.96. The van der Waals surface area contributed by atoms with E-state index in [2.05, 4.69) is 15.3 Å². The number of halogens is 1. The fraction of sp³-hybridized carbons (Fsp3) is 0.500. The van der Waals surface area contributed by atoms with Gasteiger partial charge in [-0.25, -0.2) is 4.39 Å². The lowest BCUT2D eigenvalue weighted by atomic mass is 10.1. The molecule has 1 saturated carbocycles. The van der Waals surface area contributed by atoms with Crippen LogP contribution in [0.25, 0.3) is 0 Å². The molecule has 4 rings (SSSR count). The van der Waals surface area contributed by atoms with E-state index in [4.69, 9.17) is 0 Å². The Labute approximate surface area is 175 Å². The molecule has 1 N–H and O–H groups in total. The molecule has 160 valence electrons. The lowest BCUT2D eigenvalue weighted by molar-refractivity contribution is -0.119. The molecule has 1 aliphatic heterocycles. The number of amides is 2. The number of aromatic nitrogens is 2. The summed E-state index contributed by atoms with van der Waals surface area (Å²) in [4.78, 5) is 29.2. The molecule has 30 heavy (non-hydrogen) atoms. The average Bonchev–Trinajstić information content (AvgIpc) is 3.40. The van der Waals surface area contributed by atoms with Gasteiger partial charge in [0.05, 0.1) is 0 Å². The summed E-state index contributed by atoms with van der Waals surface area (Å²) in [5.41, 5.74) is 1.01.